The van der Waals surface area contributed by atoms with E-state index in [1.807, 2.05) is 0 Å². The molecule has 0 fully saturated rings. The third-order valence-electron chi connectivity index (χ3n) is 1.53. The van der Waals surface area contributed by atoms with Crippen LogP contribution in [0.3, 0.4) is 0 Å². The summed E-state index contributed by atoms with van der Waals surface area (Å²) in [6.07, 6.45) is -2.74. The van der Waals surface area contributed by atoms with E-state index in [-0.39, 0.29) is 6.29 Å². The maximum Gasteiger partial charge on any atom is 0.280 e. The zero-order chi connectivity index (χ0) is 10.7. The predicted octanol–water partition coefficient (Wildman–Crippen LogP) is 1.98. The zero-order valence-electron chi connectivity index (χ0n) is 7.13. The van der Waals surface area contributed by atoms with Crippen molar-refractivity contribution in [2.24, 2.45) is 0 Å². The highest BCUT2D eigenvalue weighted by atomic mass is 19.3. The number of ether oxygens (including phenoxy) is 1. The third kappa shape index (κ3) is 1.84. The minimum Gasteiger partial charge on any atom is -0.480 e. The van der Waals surface area contributed by atoms with Gasteiger partial charge in [-0.3, -0.25) is 4.79 Å². The summed E-state index contributed by atoms with van der Waals surface area (Å²) < 4.78 is 41.7. The van der Waals surface area contributed by atoms with E-state index in [1.54, 1.807) is 0 Å². The molecule has 0 aliphatic rings. The van der Waals surface area contributed by atoms with Crippen LogP contribution >= 0.6 is 0 Å². The fourth-order valence-corrected chi connectivity index (χ4v) is 0.894. The number of nitrogens with zero attached hydrogens (tertiary/aromatic N) is 1. The average molecular weight is 205 g/mol. The molecule has 0 saturated carbocycles. The van der Waals surface area contributed by atoms with Gasteiger partial charge in [0.1, 0.15) is 17.1 Å². The number of aromatic nitrogens is 1. The molecular formula is C8H6F3NO2. The van der Waals surface area contributed by atoms with Crippen molar-refractivity contribution in [1.82, 2.24) is 4.98 Å². The van der Waals surface area contributed by atoms with Crippen LogP contribution in [0.2, 0.25) is 0 Å². The van der Waals surface area contributed by atoms with Crippen molar-refractivity contribution in [2.45, 2.75) is 6.43 Å². The largest absolute Gasteiger partial charge is 0.480 e. The van der Waals surface area contributed by atoms with Crippen molar-refractivity contribution in [3.63, 3.8) is 0 Å². The van der Waals surface area contributed by atoms with Crippen LogP contribution < -0.4 is 4.74 Å². The Hall–Kier alpha value is -1.59. The van der Waals surface area contributed by atoms with Gasteiger partial charge in [0.25, 0.3) is 6.43 Å². The first-order valence-electron chi connectivity index (χ1n) is 3.58. The summed E-state index contributed by atoms with van der Waals surface area (Å²) in [5.41, 5.74) is -1.22. The lowest BCUT2D eigenvalue weighted by Gasteiger charge is -2.05. The van der Waals surface area contributed by atoms with E-state index in [0.29, 0.717) is 6.07 Å². The molecule has 0 unspecified atom stereocenters. The molecule has 3 nitrogen and oxygen atoms in total. The average Bonchev–Trinajstić information content (AvgIpc) is 2.16. The second kappa shape index (κ2) is 4.08. The molecular weight excluding hydrogens is 199 g/mol. The van der Waals surface area contributed by atoms with Crippen LogP contribution in [-0.2, 0) is 0 Å². The lowest BCUT2D eigenvalue weighted by Crippen LogP contribution is -2.02. The SMILES string of the molecule is COc1nc(C(F)F)cc(F)c1C=O. The highest BCUT2D eigenvalue weighted by molar-refractivity contribution is 5.78. The second-order valence-corrected chi connectivity index (χ2v) is 2.37. The number of pyridine rings is 1. The molecule has 0 N–H and O–H groups in total. The van der Waals surface area contributed by atoms with Crippen molar-refractivity contribution < 1.29 is 22.7 Å². The number of alkyl halides is 2. The van der Waals surface area contributed by atoms with Gasteiger partial charge in [-0.05, 0) is 0 Å². The molecule has 6 heteroatoms. The van der Waals surface area contributed by atoms with Gasteiger partial charge in [-0.15, -0.1) is 0 Å². The number of aldehydes is 1. The monoisotopic (exact) mass is 205 g/mol. The summed E-state index contributed by atoms with van der Waals surface area (Å²) in [5, 5.41) is 0. The van der Waals surface area contributed by atoms with Crippen molar-refractivity contribution in [1.29, 1.82) is 0 Å². The molecule has 0 spiro atoms. The molecule has 1 rings (SSSR count). The lowest BCUT2D eigenvalue weighted by molar-refractivity contribution is 0.111. The Bertz CT molecular complexity index is 355. The van der Waals surface area contributed by atoms with Gasteiger partial charge in [-0.25, -0.2) is 18.2 Å². The molecule has 76 valence electrons. The molecule has 0 amide bonds. The minimum absolute atomic E-state index is 0.163. The van der Waals surface area contributed by atoms with Gasteiger partial charge in [0.2, 0.25) is 5.88 Å². The summed E-state index contributed by atoms with van der Waals surface area (Å²) in [6.45, 7) is 0. The Kier molecular flexibility index (Phi) is 3.06. The van der Waals surface area contributed by atoms with E-state index in [4.69, 9.17) is 0 Å². The maximum absolute atomic E-state index is 13.0. The van der Waals surface area contributed by atoms with Crippen LogP contribution in [-0.4, -0.2) is 18.4 Å². The van der Waals surface area contributed by atoms with E-state index in [1.165, 1.54) is 0 Å². The van der Waals surface area contributed by atoms with Gasteiger partial charge in [0.15, 0.2) is 6.29 Å². The predicted molar refractivity (Wildman–Crippen MR) is 41.1 cm³/mol. The smallest absolute Gasteiger partial charge is 0.280 e. The normalized spacial score (nSPS) is 10.4. The third-order valence-corrected chi connectivity index (χ3v) is 1.53. The summed E-state index contributed by atoms with van der Waals surface area (Å²) in [4.78, 5) is 13.6. The van der Waals surface area contributed by atoms with Crippen LogP contribution in [0, 0.1) is 5.82 Å². The molecule has 0 aliphatic heterocycles. The number of carbonyl (C=O) groups excluding carboxylic acids is 1. The molecule has 1 aromatic rings. The number of hydrogen-bond donors (Lipinski definition) is 0. The fraction of sp³-hybridized carbons (Fsp3) is 0.250. The highest BCUT2D eigenvalue weighted by Crippen LogP contribution is 2.24. The topological polar surface area (TPSA) is 39.2 Å². The first-order valence-corrected chi connectivity index (χ1v) is 3.58. The van der Waals surface area contributed by atoms with Crippen LogP contribution in [0.5, 0.6) is 5.88 Å². The maximum atomic E-state index is 13.0. The molecule has 0 radical (unpaired) electrons. The molecule has 0 saturated heterocycles. The first kappa shape index (κ1) is 10.5. The van der Waals surface area contributed by atoms with Crippen molar-refractivity contribution in [2.75, 3.05) is 7.11 Å². The minimum atomic E-state index is -2.90. The standard InChI is InChI=1S/C8H6F3NO2/c1-14-8-4(3-13)5(9)2-6(12-8)7(10)11/h2-3,7H,1H3. The van der Waals surface area contributed by atoms with Crippen LogP contribution in [0.15, 0.2) is 6.07 Å². The van der Waals surface area contributed by atoms with Crippen LogP contribution in [0.1, 0.15) is 22.5 Å². The molecule has 0 aromatic carbocycles. The van der Waals surface area contributed by atoms with E-state index in [0.717, 1.165) is 7.11 Å². The summed E-state index contributed by atoms with van der Waals surface area (Å²) in [6, 6.07) is 0.511. The number of hydrogen-bond acceptors (Lipinski definition) is 3. The number of carbonyl (C=O) groups is 1. The van der Waals surface area contributed by atoms with Gasteiger partial charge in [0.05, 0.1) is 7.11 Å². The van der Waals surface area contributed by atoms with Gasteiger partial charge in [-0.2, -0.15) is 0 Å². The highest BCUT2D eigenvalue weighted by Gasteiger charge is 2.17. The van der Waals surface area contributed by atoms with E-state index in [2.05, 4.69) is 9.72 Å². The van der Waals surface area contributed by atoms with Gasteiger partial charge in [0, 0.05) is 6.07 Å². The van der Waals surface area contributed by atoms with Crippen LogP contribution in [0.4, 0.5) is 13.2 Å². The van der Waals surface area contributed by atoms with Gasteiger partial charge < -0.3 is 4.74 Å². The zero-order valence-corrected chi connectivity index (χ0v) is 7.13. The van der Waals surface area contributed by atoms with Gasteiger partial charge >= 0.3 is 0 Å². The summed E-state index contributed by atoms with van der Waals surface area (Å²) in [5.74, 6) is -1.50. The van der Waals surface area contributed by atoms with Crippen molar-refractivity contribution in [3.05, 3.63) is 23.1 Å². The summed E-state index contributed by atoms with van der Waals surface area (Å²) >= 11 is 0. The number of methoxy groups -OCH3 is 1. The Morgan fingerprint density at radius 3 is 2.64 bits per heavy atom. The van der Waals surface area contributed by atoms with Gasteiger partial charge in [-0.1, -0.05) is 0 Å². The van der Waals surface area contributed by atoms with E-state index < -0.39 is 29.4 Å². The fourth-order valence-electron chi connectivity index (χ4n) is 0.894. The molecule has 0 bridgehead atoms. The Labute approximate surface area is 77.5 Å². The molecule has 14 heavy (non-hydrogen) atoms. The number of halogens is 3. The molecule has 0 atom stereocenters. The van der Waals surface area contributed by atoms with Crippen molar-refractivity contribution >= 4 is 6.29 Å². The summed E-state index contributed by atoms with van der Waals surface area (Å²) in [7, 11) is 1.12. The molecule has 0 aliphatic carbocycles. The van der Waals surface area contributed by atoms with Crippen molar-refractivity contribution in [3.8, 4) is 5.88 Å². The number of rotatable bonds is 3. The Balaban J connectivity index is 3.31. The van der Waals surface area contributed by atoms with Crippen LogP contribution in [0.25, 0.3) is 0 Å². The van der Waals surface area contributed by atoms with E-state index >= 15 is 0 Å². The first-order chi connectivity index (χ1) is 6.60. The lowest BCUT2D eigenvalue weighted by atomic mass is 10.2. The quantitative estimate of drug-likeness (QED) is 0.708. The van der Waals surface area contributed by atoms with E-state index in [9.17, 15) is 18.0 Å². The molecule has 1 aromatic heterocycles. The Morgan fingerprint density at radius 1 is 1.57 bits per heavy atom. The second-order valence-electron chi connectivity index (χ2n) is 2.37. The molecule has 1 heterocycles. The Morgan fingerprint density at radius 2 is 2.21 bits per heavy atom.